The number of benzene rings is 1. The minimum absolute atomic E-state index is 0.0938. The molecule has 5 nitrogen and oxygen atoms in total. The summed E-state index contributed by atoms with van der Waals surface area (Å²) in [5.74, 6) is 0. The Hall–Kier alpha value is -0.470. The van der Waals surface area contributed by atoms with Crippen molar-refractivity contribution in [3.8, 4) is 0 Å². The number of sulfonamides is 1. The summed E-state index contributed by atoms with van der Waals surface area (Å²) in [5, 5.41) is 0. The zero-order chi connectivity index (χ0) is 14.8. The number of nitrogens with two attached hydrogens (primary N) is 1. The standard InChI is InChI=1S/C13H19BrN2O3S/c1-10-9-16(5-2-6-19-10)20(17,18)13-7-11(8-15)3-4-12(13)14/h3-4,7,10H,2,5-6,8-9,15H2,1H3. The SMILES string of the molecule is CC1CN(S(=O)(=O)c2cc(CN)ccc2Br)CCCO1. The zero-order valence-electron chi connectivity index (χ0n) is 11.4. The number of ether oxygens (including phenoxy) is 1. The van der Waals surface area contributed by atoms with Crippen molar-refractivity contribution in [2.45, 2.75) is 30.9 Å². The smallest absolute Gasteiger partial charge is 0.244 e. The Kier molecular flexibility index (Phi) is 5.19. The van der Waals surface area contributed by atoms with Crippen LogP contribution in [0, 0.1) is 0 Å². The van der Waals surface area contributed by atoms with Crippen LogP contribution in [0.4, 0.5) is 0 Å². The maximum Gasteiger partial charge on any atom is 0.244 e. The van der Waals surface area contributed by atoms with Crippen LogP contribution in [0.15, 0.2) is 27.6 Å². The molecule has 1 heterocycles. The van der Waals surface area contributed by atoms with E-state index < -0.39 is 10.0 Å². The number of halogens is 1. The first-order valence-corrected chi connectivity index (χ1v) is 8.78. The van der Waals surface area contributed by atoms with Crippen LogP contribution in [-0.2, 0) is 21.3 Å². The van der Waals surface area contributed by atoms with Gasteiger partial charge in [0, 0.05) is 30.7 Å². The Balaban J connectivity index is 2.38. The van der Waals surface area contributed by atoms with Crippen molar-refractivity contribution in [1.82, 2.24) is 4.31 Å². The van der Waals surface area contributed by atoms with Crippen LogP contribution in [-0.4, -0.2) is 38.5 Å². The Morgan fingerprint density at radius 2 is 2.25 bits per heavy atom. The summed E-state index contributed by atoms with van der Waals surface area (Å²) in [7, 11) is -3.53. The highest BCUT2D eigenvalue weighted by Gasteiger charge is 2.29. The third kappa shape index (κ3) is 3.40. The van der Waals surface area contributed by atoms with Crippen molar-refractivity contribution in [2.24, 2.45) is 5.73 Å². The Morgan fingerprint density at radius 3 is 2.95 bits per heavy atom. The number of hydrogen-bond acceptors (Lipinski definition) is 4. The van der Waals surface area contributed by atoms with Gasteiger partial charge >= 0.3 is 0 Å². The lowest BCUT2D eigenvalue weighted by atomic mass is 10.2. The number of rotatable bonds is 3. The molecule has 0 radical (unpaired) electrons. The monoisotopic (exact) mass is 362 g/mol. The molecule has 0 bridgehead atoms. The molecule has 1 unspecified atom stereocenters. The molecule has 0 saturated carbocycles. The highest BCUT2D eigenvalue weighted by molar-refractivity contribution is 9.10. The molecule has 7 heteroatoms. The molecule has 1 fully saturated rings. The van der Waals surface area contributed by atoms with E-state index in [0.717, 1.165) is 5.56 Å². The van der Waals surface area contributed by atoms with Crippen LogP contribution in [0.5, 0.6) is 0 Å². The Morgan fingerprint density at radius 1 is 1.50 bits per heavy atom. The van der Waals surface area contributed by atoms with Crippen molar-refractivity contribution in [3.63, 3.8) is 0 Å². The van der Waals surface area contributed by atoms with Gasteiger partial charge in [0.25, 0.3) is 0 Å². The van der Waals surface area contributed by atoms with Crippen LogP contribution in [0.25, 0.3) is 0 Å². The second-order valence-corrected chi connectivity index (χ2v) is 7.63. The highest BCUT2D eigenvalue weighted by Crippen LogP contribution is 2.27. The molecular formula is C13H19BrN2O3S. The van der Waals surface area contributed by atoms with E-state index in [-0.39, 0.29) is 11.0 Å². The van der Waals surface area contributed by atoms with Gasteiger partial charge in [-0.15, -0.1) is 0 Å². The molecule has 1 saturated heterocycles. The fourth-order valence-electron chi connectivity index (χ4n) is 2.19. The first-order valence-electron chi connectivity index (χ1n) is 6.55. The van der Waals surface area contributed by atoms with Crippen molar-refractivity contribution in [3.05, 3.63) is 28.2 Å². The van der Waals surface area contributed by atoms with E-state index in [9.17, 15) is 8.42 Å². The van der Waals surface area contributed by atoms with Crippen LogP contribution < -0.4 is 5.73 Å². The van der Waals surface area contributed by atoms with Gasteiger partial charge in [-0.1, -0.05) is 6.07 Å². The lowest BCUT2D eigenvalue weighted by molar-refractivity contribution is 0.0752. The van der Waals surface area contributed by atoms with E-state index in [4.69, 9.17) is 10.5 Å². The molecule has 20 heavy (non-hydrogen) atoms. The lowest BCUT2D eigenvalue weighted by Crippen LogP contribution is -2.36. The largest absolute Gasteiger partial charge is 0.377 e. The molecule has 0 aromatic heterocycles. The fraction of sp³-hybridized carbons (Fsp3) is 0.538. The van der Waals surface area contributed by atoms with E-state index in [1.165, 1.54) is 4.31 Å². The predicted molar refractivity (Wildman–Crippen MR) is 80.8 cm³/mol. The summed E-state index contributed by atoms with van der Waals surface area (Å²) in [6.07, 6.45) is 0.612. The van der Waals surface area contributed by atoms with Crippen molar-refractivity contribution >= 4 is 26.0 Å². The topological polar surface area (TPSA) is 72.6 Å². The fourth-order valence-corrected chi connectivity index (χ4v) is 4.71. The van der Waals surface area contributed by atoms with E-state index in [1.807, 2.05) is 13.0 Å². The Bertz CT molecular complexity index is 577. The second kappa shape index (κ2) is 6.53. The molecule has 112 valence electrons. The summed E-state index contributed by atoms with van der Waals surface area (Å²) in [5.41, 5.74) is 6.39. The van der Waals surface area contributed by atoms with Gasteiger partial charge in [-0.3, -0.25) is 0 Å². The van der Waals surface area contributed by atoms with Gasteiger partial charge in [0.2, 0.25) is 10.0 Å². The third-order valence-electron chi connectivity index (χ3n) is 3.26. The molecule has 1 aliphatic heterocycles. The van der Waals surface area contributed by atoms with Gasteiger partial charge in [-0.05, 0) is 47.0 Å². The molecule has 2 rings (SSSR count). The van der Waals surface area contributed by atoms with Gasteiger partial charge in [0.1, 0.15) is 0 Å². The maximum atomic E-state index is 12.8. The molecule has 2 N–H and O–H groups in total. The predicted octanol–water partition coefficient (Wildman–Crippen LogP) is 1.71. The van der Waals surface area contributed by atoms with Crippen molar-refractivity contribution < 1.29 is 13.2 Å². The summed E-state index contributed by atoms with van der Waals surface area (Å²) < 4.78 is 33.1. The minimum atomic E-state index is -3.53. The Labute approximate surface area is 128 Å². The first-order chi connectivity index (χ1) is 9.45. The first kappa shape index (κ1) is 15.9. The van der Waals surface area contributed by atoms with E-state index in [1.54, 1.807) is 12.1 Å². The lowest BCUT2D eigenvalue weighted by Gasteiger charge is -2.22. The van der Waals surface area contributed by atoms with Gasteiger partial charge in [-0.2, -0.15) is 4.31 Å². The van der Waals surface area contributed by atoms with Gasteiger partial charge in [-0.25, -0.2) is 8.42 Å². The van der Waals surface area contributed by atoms with Crippen LogP contribution in [0.1, 0.15) is 18.9 Å². The summed E-state index contributed by atoms with van der Waals surface area (Å²) >= 11 is 3.32. The molecule has 0 spiro atoms. The quantitative estimate of drug-likeness (QED) is 0.888. The van der Waals surface area contributed by atoms with Crippen molar-refractivity contribution in [1.29, 1.82) is 0 Å². The number of nitrogens with zero attached hydrogens (tertiary/aromatic N) is 1. The molecule has 1 aromatic rings. The summed E-state index contributed by atoms with van der Waals surface area (Å²) in [6, 6.07) is 5.18. The molecular weight excluding hydrogens is 344 g/mol. The molecule has 1 aliphatic rings. The van der Waals surface area contributed by atoms with Crippen LogP contribution in [0.2, 0.25) is 0 Å². The third-order valence-corrected chi connectivity index (χ3v) is 6.12. The van der Waals surface area contributed by atoms with Crippen LogP contribution >= 0.6 is 15.9 Å². The molecule has 0 amide bonds. The van der Waals surface area contributed by atoms with E-state index in [2.05, 4.69) is 15.9 Å². The van der Waals surface area contributed by atoms with E-state index >= 15 is 0 Å². The minimum Gasteiger partial charge on any atom is -0.377 e. The average Bonchev–Trinajstić information content (AvgIpc) is 2.64. The van der Waals surface area contributed by atoms with Gasteiger partial charge < -0.3 is 10.5 Å². The number of hydrogen-bond donors (Lipinski definition) is 1. The zero-order valence-corrected chi connectivity index (χ0v) is 13.8. The van der Waals surface area contributed by atoms with E-state index in [0.29, 0.717) is 37.1 Å². The average molecular weight is 363 g/mol. The van der Waals surface area contributed by atoms with Crippen LogP contribution in [0.3, 0.4) is 0 Å². The van der Waals surface area contributed by atoms with Gasteiger partial charge in [0.15, 0.2) is 0 Å². The normalized spacial score (nSPS) is 21.6. The second-order valence-electron chi connectivity index (χ2n) is 4.87. The van der Waals surface area contributed by atoms with Crippen molar-refractivity contribution in [2.75, 3.05) is 19.7 Å². The maximum absolute atomic E-state index is 12.8. The summed E-state index contributed by atoms with van der Waals surface area (Å²) in [4.78, 5) is 0.273. The van der Waals surface area contributed by atoms with Gasteiger partial charge in [0.05, 0.1) is 11.0 Å². The highest BCUT2D eigenvalue weighted by atomic mass is 79.9. The summed E-state index contributed by atoms with van der Waals surface area (Å²) in [6.45, 7) is 3.65. The molecule has 0 aliphatic carbocycles. The molecule has 1 atom stereocenters. The molecule has 1 aromatic carbocycles.